The van der Waals surface area contributed by atoms with Crippen molar-refractivity contribution in [3.63, 3.8) is 0 Å². The van der Waals surface area contributed by atoms with Crippen molar-refractivity contribution in [2.45, 2.75) is 25.7 Å². The zero-order chi connectivity index (χ0) is 20.8. The van der Waals surface area contributed by atoms with E-state index in [1.54, 1.807) is 6.07 Å². The number of thioether (sulfide) groups is 1. The SMILES string of the molecule is Cc1ccc(NC(=O)CSc2cccc(NC(=O)c3ccccc3C)c2)c(C)c1. The van der Waals surface area contributed by atoms with E-state index in [2.05, 4.69) is 10.6 Å². The van der Waals surface area contributed by atoms with Gasteiger partial charge in [0, 0.05) is 21.8 Å². The predicted octanol–water partition coefficient (Wildman–Crippen LogP) is 5.59. The van der Waals surface area contributed by atoms with Crippen molar-refractivity contribution < 1.29 is 9.59 Å². The summed E-state index contributed by atoms with van der Waals surface area (Å²) in [6.07, 6.45) is 0. The first-order valence-corrected chi connectivity index (χ1v) is 10.4. The van der Waals surface area contributed by atoms with Crippen LogP contribution in [0, 0.1) is 20.8 Å². The number of carbonyl (C=O) groups excluding carboxylic acids is 2. The average molecular weight is 405 g/mol. The molecular weight excluding hydrogens is 380 g/mol. The Labute approximate surface area is 175 Å². The van der Waals surface area contributed by atoms with Gasteiger partial charge in [0.25, 0.3) is 5.91 Å². The third-order valence-electron chi connectivity index (χ3n) is 4.51. The summed E-state index contributed by atoms with van der Waals surface area (Å²) in [6.45, 7) is 5.92. The zero-order valence-electron chi connectivity index (χ0n) is 16.8. The monoisotopic (exact) mass is 404 g/mol. The Balaban J connectivity index is 1.59. The molecule has 0 heterocycles. The van der Waals surface area contributed by atoms with Gasteiger partial charge in [-0.25, -0.2) is 0 Å². The molecule has 3 aromatic rings. The Kier molecular flexibility index (Phi) is 6.73. The van der Waals surface area contributed by atoms with Crippen LogP contribution in [-0.2, 0) is 4.79 Å². The van der Waals surface area contributed by atoms with Crippen LogP contribution in [0.3, 0.4) is 0 Å². The van der Waals surface area contributed by atoms with Gasteiger partial charge in [0.2, 0.25) is 5.91 Å². The molecule has 0 aliphatic rings. The first-order valence-electron chi connectivity index (χ1n) is 9.39. The molecule has 0 bridgehead atoms. The standard InChI is InChI=1S/C24H24N2O2S/c1-16-11-12-22(18(3)13-16)26-23(27)15-29-20-9-6-8-19(14-20)25-24(28)21-10-5-4-7-17(21)2/h4-14H,15H2,1-3H3,(H,25,28)(H,26,27). The molecule has 2 N–H and O–H groups in total. The highest BCUT2D eigenvalue weighted by Crippen LogP contribution is 2.23. The normalized spacial score (nSPS) is 10.4. The fourth-order valence-electron chi connectivity index (χ4n) is 2.98. The number of carbonyl (C=O) groups is 2. The first-order chi connectivity index (χ1) is 13.9. The summed E-state index contributed by atoms with van der Waals surface area (Å²) in [5.74, 6) is 0.0943. The fourth-order valence-corrected chi connectivity index (χ4v) is 3.73. The minimum absolute atomic E-state index is 0.0590. The molecule has 0 aromatic heterocycles. The number of rotatable bonds is 6. The van der Waals surface area contributed by atoms with Crippen LogP contribution in [0.4, 0.5) is 11.4 Å². The van der Waals surface area contributed by atoms with E-state index in [0.29, 0.717) is 17.0 Å². The van der Waals surface area contributed by atoms with Gasteiger partial charge >= 0.3 is 0 Å². The largest absolute Gasteiger partial charge is 0.325 e. The lowest BCUT2D eigenvalue weighted by Gasteiger charge is -2.10. The molecule has 0 unspecified atom stereocenters. The quantitative estimate of drug-likeness (QED) is 0.526. The molecule has 4 nitrogen and oxygen atoms in total. The van der Waals surface area contributed by atoms with Gasteiger partial charge in [-0.3, -0.25) is 9.59 Å². The van der Waals surface area contributed by atoms with E-state index in [9.17, 15) is 9.59 Å². The average Bonchev–Trinajstić information content (AvgIpc) is 2.69. The number of amides is 2. The molecule has 0 spiro atoms. The van der Waals surface area contributed by atoms with Crippen LogP contribution in [0.1, 0.15) is 27.0 Å². The molecule has 0 aliphatic heterocycles. The van der Waals surface area contributed by atoms with Gasteiger partial charge in [0.05, 0.1) is 5.75 Å². The van der Waals surface area contributed by atoms with E-state index in [4.69, 9.17) is 0 Å². The van der Waals surface area contributed by atoms with Crippen molar-refractivity contribution in [2.24, 2.45) is 0 Å². The van der Waals surface area contributed by atoms with Gasteiger partial charge in [-0.1, -0.05) is 42.0 Å². The number of benzene rings is 3. The van der Waals surface area contributed by atoms with Crippen LogP contribution in [0.15, 0.2) is 71.6 Å². The number of aryl methyl sites for hydroxylation is 3. The maximum absolute atomic E-state index is 12.5. The number of hydrogen-bond donors (Lipinski definition) is 2. The van der Waals surface area contributed by atoms with E-state index in [1.165, 1.54) is 17.3 Å². The molecule has 0 saturated heterocycles. The van der Waals surface area contributed by atoms with Crippen LogP contribution >= 0.6 is 11.8 Å². The number of hydrogen-bond acceptors (Lipinski definition) is 3. The van der Waals surface area contributed by atoms with Crippen molar-refractivity contribution in [2.75, 3.05) is 16.4 Å². The Bertz CT molecular complexity index is 1050. The molecule has 29 heavy (non-hydrogen) atoms. The lowest BCUT2D eigenvalue weighted by Crippen LogP contribution is -2.15. The molecule has 0 fully saturated rings. The topological polar surface area (TPSA) is 58.2 Å². The summed E-state index contributed by atoms with van der Waals surface area (Å²) in [7, 11) is 0. The van der Waals surface area contributed by atoms with Gasteiger partial charge in [-0.05, 0) is 62.2 Å². The van der Waals surface area contributed by atoms with E-state index in [-0.39, 0.29) is 11.8 Å². The highest BCUT2D eigenvalue weighted by Gasteiger charge is 2.10. The molecule has 0 atom stereocenters. The van der Waals surface area contributed by atoms with Crippen molar-refractivity contribution in [1.29, 1.82) is 0 Å². The lowest BCUT2D eigenvalue weighted by atomic mass is 10.1. The molecule has 0 aliphatic carbocycles. The Hall–Kier alpha value is -3.05. The van der Waals surface area contributed by atoms with Gasteiger partial charge in [0.15, 0.2) is 0 Å². The second-order valence-electron chi connectivity index (χ2n) is 6.95. The predicted molar refractivity (Wildman–Crippen MR) is 121 cm³/mol. The van der Waals surface area contributed by atoms with Gasteiger partial charge in [-0.2, -0.15) is 0 Å². The highest BCUT2D eigenvalue weighted by molar-refractivity contribution is 8.00. The second kappa shape index (κ2) is 9.43. The van der Waals surface area contributed by atoms with Crippen LogP contribution in [0.5, 0.6) is 0 Å². The zero-order valence-corrected chi connectivity index (χ0v) is 17.6. The third kappa shape index (κ3) is 5.72. The van der Waals surface area contributed by atoms with Crippen molar-refractivity contribution in [1.82, 2.24) is 0 Å². The first kappa shape index (κ1) is 20.7. The van der Waals surface area contributed by atoms with Crippen LogP contribution in [0.2, 0.25) is 0 Å². The van der Waals surface area contributed by atoms with Crippen LogP contribution in [-0.4, -0.2) is 17.6 Å². The van der Waals surface area contributed by atoms with Crippen molar-refractivity contribution in [3.8, 4) is 0 Å². The third-order valence-corrected chi connectivity index (χ3v) is 5.50. The highest BCUT2D eigenvalue weighted by atomic mass is 32.2. The van der Waals surface area contributed by atoms with Crippen LogP contribution < -0.4 is 10.6 Å². The lowest BCUT2D eigenvalue weighted by molar-refractivity contribution is -0.113. The Morgan fingerprint density at radius 2 is 1.62 bits per heavy atom. The molecule has 3 rings (SSSR count). The fraction of sp³-hybridized carbons (Fsp3) is 0.167. The summed E-state index contributed by atoms with van der Waals surface area (Å²) >= 11 is 1.43. The molecule has 148 valence electrons. The van der Waals surface area contributed by atoms with Gasteiger partial charge < -0.3 is 10.6 Å². The Morgan fingerprint density at radius 1 is 0.828 bits per heavy atom. The summed E-state index contributed by atoms with van der Waals surface area (Å²) in [5, 5.41) is 5.88. The summed E-state index contributed by atoms with van der Waals surface area (Å²) in [4.78, 5) is 25.7. The van der Waals surface area contributed by atoms with Gasteiger partial charge in [0.1, 0.15) is 0 Å². The van der Waals surface area contributed by atoms with Gasteiger partial charge in [-0.15, -0.1) is 11.8 Å². The van der Waals surface area contributed by atoms with Crippen LogP contribution in [0.25, 0.3) is 0 Å². The molecular formula is C24H24N2O2S. The second-order valence-corrected chi connectivity index (χ2v) is 8.00. The molecule has 2 amide bonds. The van der Waals surface area contributed by atoms with Crippen molar-refractivity contribution >= 4 is 35.0 Å². The molecule has 0 saturated carbocycles. The van der Waals surface area contributed by atoms with E-state index in [0.717, 1.165) is 21.7 Å². The molecule has 5 heteroatoms. The van der Waals surface area contributed by atoms with E-state index in [1.807, 2.05) is 81.4 Å². The number of nitrogens with one attached hydrogen (secondary N) is 2. The summed E-state index contributed by atoms with van der Waals surface area (Å²) in [6, 6.07) is 21.0. The smallest absolute Gasteiger partial charge is 0.255 e. The number of anilines is 2. The minimum Gasteiger partial charge on any atom is -0.325 e. The molecule has 0 radical (unpaired) electrons. The minimum atomic E-state index is -0.141. The molecule has 3 aromatic carbocycles. The van der Waals surface area contributed by atoms with Crippen molar-refractivity contribution in [3.05, 3.63) is 89.0 Å². The maximum Gasteiger partial charge on any atom is 0.255 e. The maximum atomic E-state index is 12.5. The van der Waals surface area contributed by atoms with E-state index < -0.39 is 0 Å². The Morgan fingerprint density at radius 3 is 2.38 bits per heavy atom. The van der Waals surface area contributed by atoms with E-state index >= 15 is 0 Å². The summed E-state index contributed by atoms with van der Waals surface area (Å²) in [5.41, 5.74) is 5.33. The summed E-state index contributed by atoms with van der Waals surface area (Å²) < 4.78 is 0.